The van der Waals surface area contributed by atoms with E-state index in [2.05, 4.69) is 39.1 Å². The van der Waals surface area contributed by atoms with Gasteiger partial charge in [0.2, 0.25) is 0 Å². The molecule has 0 aliphatic carbocycles. The lowest BCUT2D eigenvalue weighted by Gasteiger charge is -2.28. The highest BCUT2D eigenvalue weighted by molar-refractivity contribution is 9.10. The van der Waals surface area contributed by atoms with Crippen molar-refractivity contribution in [2.75, 3.05) is 40.4 Å². The molecule has 5 heteroatoms. The highest BCUT2D eigenvalue weighted by Gasteiger charge is 2.17. The second-order valence-electron chi connectivity index (χ2n) is 4.74. The van der Waals surface area contributed by atoms with Crippen molar-refractivity contribution in [1.82, 2.24) is 10.2 Å². The SMILES string of the molecule is COc1cc(CN2CCNCC2)c(C)c(Br)c1OC. The van der Waals surface area contributed by atoms with Gasteiger partial charge in [0, 0.05) is 32.7 Å². The third-order valence-electron chi connectivity index (χ3n) is 3.57. The van der Waals surface area contributed by atoms with Gasteiger partial charge in [-0.2, -0.15) is 0 Å². The topological polar surface area (TPSA) is 33.7 Å². The molecule has 0 saturated carbocycles. The van der Waals surface area contributed by atoms with Gasteiger partial charge < -0.3 is 14.8 Å². The lowest BCUT2D eigenvalue weighted by Crippen LogP contribution is -2.43. The van der Waals surface area contributed by atoms with Gasteiger partial charge in [0.05, 0.1) is 18.7 Å². The molecule has 1 aromatic carbocycles. The average Bonchev–Trinajstić information content (AvgIpc) is 2.45. The van der Waals surface area contributed by atoms with Crippen LogP contribution in [0.2, 0.25) is 0 Å². The number of nitrogens with zero attached hydrogens (tertiary/aromatic N) is 1. The fourth-order valence-electron chi connectivity index (χ4n) is 2.37. The van der Waals surface area contributed by atoms with Gasteiger partial charge in [-0.05, 0) is 40.0 Å². The van der Waals surface area contributed by atoms with Crippen molar-refractivity contribution < 1.29 is 9.47 Å². The minimum absolute atomic E-state index is 0.768. The van der Waals surface area contributed by atoms with Crippen molar-refractivity contribution >= 4 is 15.9 Å². The predicted molar refractivity (Wildman–Crippen MR) is 80.1 cm³/mol. The van der Waals surface area contributed by atoms with Crippen LogP contribution >= 0.6 is 15.9 Å². The molecule has 106 valence electrons. The van der Waals surface area contributed by atoms with Gasteiger partial charge in [0.1, 0.15) is 0 Å². The number of piperazine rings is 1. The Balaban J connectivity index is 2.26. The van der Waals surface area contributed by atoms with E-state index in [0.29, 0.717) is 0 Å². The third-order valence-corrected chi connectivity index (χ3v) is 4.52. The minimum Gasteiger partial charge on any atom is -0.493 e. The third kappa shape index (κ3) is 3.22. The van der Waals surface area contributed by atoms with Crippen LogP contribution in [0.5, 0.6) is 11.5 Å². The van der Waals surface area contributed by atoms with E-state index in [1.54, 1.807) is 14.2 Å². The van der Waals surface area contributed by atoms with Crippen molar-refractivity contribution in [1.29, 1.82) is 0 Å². The number of methoxy groups -OCH3 is 2. The molecule has 1 fully saturated rings. The molecule has 0 unspecified atom stereocenters. The van der Waals surface area contributed by atoms with Crippen LogP contribution in [0.1, 0.15) is 11.1 Å². The normalized spacial score (nSPS) is 16.4. The van der Waals surface area contributed by atoms with Crippen LogP contribution < -0.4 is 14.8 Å². The zero-order chi connectivity index (χ0) is 13.8. The largest absolute Gasteiger partial charge is 0.493 e. The second kappa shape index (κ2) is 6.59. The van der Waals surface area contributed by atoms with Crippen LogP contribution in [-0.4, -0.2) is 45.3 Å². The van der Waals surface area contributed by atoms with Gasteiger partial charge >= 0.3 is 0 Å². The molecular weight excluding hydrogens is 308 g/mol. The Morgan fingerprint density at radius 2 is 1.95 bits per heavy atom. The van der Waals surface area contributed by atoms with Crippen LogP contribution in [0, 0.1) is 6.92 Å². The molecule has 1 aromatic rings. The van der Waals surface area contributed by atoms with E-state index in [4.69, 9.17) is 9.47 Å². The Kier molecular flexibility index (Phi) is 5.07. The maximum absolute atomic E-state index is 5.42. The smallest absolute Gasteiger partial charge is 0.175 e. The second-order valence-corrected chi connectivity index (χ2v) is 5.53. The Bertz CT molecular complexity index is 446. The Morgan fingerprint density at radius 3 is 2.53 bits per heavy atom. The Morgan fingerprint density at radius 1 is 1.26 bits per heavy atom. The first-order valence-corrected chi connectivity index (χ1v) is 7.29. The van der Waals surface area contributed by atoms with E-state index in [-0.39, 0.29) is 0 Å². The van der Waals surface area contributed by atoms with Gasteiger partial charge in [0.25, 0.3) is 0 Å². The van der Waals surface area contributed by atoms with Crippen LogP contribution in [-0.2, 0) is 6.54 Å². The van der Waals surface area contributed by atoms with Crippen molar-refractivity contribution in [2.24, 2.45) is 0 Å². The van der Waals surface area contributed by atoms with Crippen LogP contribution in [0.4, 0.5) is 0 Å². The number of benzene rings is 1. The number of halogens is 1. The molecule has 1 aliphatic heterocycles. The number of rotatable bonds is 4. The fourth-order valence-corrected chi connectivity index (χ4v) is 2.98. The summed E-state index contributed by atoms with van der Waals surface area (Å²) in [6.07, 6.45) is 0. The first-order chi connectivity index (χ1) is 9.17. The molecule has 19 heavy (non-hydrogen) atoms. The molecule has 1 N–H and O–H groups in total. The predicted octanol–water partition coefficient (Wildman–Crippen LogP) is 2.18. The molecule has 0 radical (unpaired) electrons. The summed E-state index contributed by atoms with van der Waals surface area (Å²) >= 11 is 3.61. The summed E-state index contributed by atoms with van der Waals surface area (Å²) in [5, 5.41) is 3.37. The summed E-state index contributed by atoms with van der Waals surface area (Å²) in [5.74, 6) is 1.55. The lowest BCUT2D eigenvalue weighted by molar-refractivity contribution is 0.232. The zero-order valence-electron chi connectivity index (χ0n) is 11.8. The van der Waals surface area contributed by atoms with Crippen LogP contribution in [0.3, 0.4) is 0 Å². The molecule has 1 heterocycles. The number of nitrogens with one attached hydrogen (secondary N) is 1. The summed E-state index contributed by atoms with van der Waals surface area (Å²) < 4.78 is 11.8. The molecule has 1 saturated heterocycles. The molecule has 0 amide bonds. The first-order valence-electron chi connectivity index (χ1n) is 6.50. The molecule has 0 atom stereocenters. The molecular formula is C14H21BrN2O2. The molecule has 0 aromatic heterocycles. The molecule has 0 spiro atoms. The van der Waals surface area contributed by atoms with E-state index in [0.717, 1.165) is 48.7 Å². The maximum Gasteiger partial charge on any atom is 0.175 e. The van der Waals surface area contributed by atoms with Gasteiger partial charge in [-0.1, -0.05) is 0 Å². The molecule has 0 bridgehead atoms. The standard InChI is InChI=1S/C14H21BrN2O2/c1-10-11(9-17-6-4-16-5-7-17)8-12(18-2)14(19-3)13(10)15/h8,16H,4-7,9H2,1-3H3. The number of hydrogen-bond acceptors (Lipinski definition) is 4. The minimum atomic E-state index is 0.768. The van der Waals surface area contributed by atoms with E-state index in [1.165, 1.54) is 11.1 Å². The summed E-state index contributed by atoms with van der Waals surface area (Å²) in [6, 6.07) is 2.08. The van der Waals surface area contributed by atoms with E-state index in [9.17, 15) is 0 Å². The lowest BCUT2D eigenvalue weighted by atomic mass is 10.1. The number of ether oxygens (including phenoxy) is 2. The van der Waals surface area contributed by atoms with Crippen molar-refractivity contribution in [3.05, 3.63) is 21.7 Å². The summed E-state index contributed by atoms with van der Waals surface area (Å²) in [4.78, 5) is 2.46. The molecule has 2 rings (SSSR count). The zero-order valence-corrected chi connectivity index (χ0v) is 13.3. The maximum atomic E-state index is 5.42. The monoisotopic (exact) mass is 328 g/mol. The van der Waals surface area contributed by atoms with Gasteiger partial charge in [-0.25, -0.2) is 0 Å². The highest BCUT2D eigenvalue weighted by Crippen LogP contribution is 2.39. The Labute approximate surface area is 123 Å². The van der Waals surface area contributed by atoms with Crippen molar-refractivity contribution in [2.45, 2.75) is 13.5 Å². The van der Waals surface area contributed by atoms with Crippen LogP contribution in [0.25, 0.3) is 0 Å². The Hall–Kier alpha value is -0.780. The highest BCUT2D eigenvalue weighted by atomic mass is 79.9. The molecule has 4 nitrogen and oxygen atoms in total. The fraction of sp³-hybridized carbons (Fsp3) is 0.571. The summed E-state index contributed by atoms with van der Waals surface area (Å²) in [6.45, 7) is 7.37. The molecule has 1 aliphatic rings. The van der Waals surface area contributed by atoms with Crippen LogP contribution in [0.15, 0.2) is 10.5 Å². The quantitative estimate of drug-likeness (QED) is 0.918. The van der Waals surface area contributed by atoms with E-state index < -0.39 is 0 Å². The van der Waals surface area contributed by atoms with Gasteiger partial charge in [-0.3, -0.25) is 4.90 Å². The van der Waals surface area contributed by atoms with Crippen molar-refractivity contribution in [3.8, 4) is 11.5 Å². The van der Waals surface area contributed by atoms with Gasteiger partial charge in [-0.15, -0.1) is 0 Å². The summed E-state index contributed by atoms with van der Waals surface area (Å²) in [7, 11) is 3.34. The summed E-state index contributed by atoms with van der Waals surface area (Å²) in [5.41, 5.74) is 2.50. The number of hydrogen-bond donors (Lipinski definition) is 1. The van der Waals surface area contributed by atoms with E-state index >= 15 is 0 Å². The van der Waals surface area contributed by atoms with E-state index in [1.807, 2.05) is 0 Å². The van der Waals surface area contributed by atoms with Gasteiger partial charge in [0.15, 0.2) is 11.5 Å². The first kappa shape index (κ1) is 14.6. The van der Waals surface area contributed by atoms with Crippen molar-refractivity contribution in [3.63, 3.8) is 0 Å². The average molecular weight is 329 g/mol.